The predicted octanol–water partition coefficient (Wildman–Crippen LogP) is 0.427. The van der Waals surface area contributed by atoms with E-state index in [1.807, 2.05) is 17.0 Å². The first-order chi connectivity index (χ1) is 13.1. The van der Waals surface area contributed by atoms with Crippen LogP contribution in [0.2, 0.25) is 0 Å². The minimum atomic E-state index is -0.734. The number of carbonyl (C=O) groups is 1. The lowest BCUT2D eigenvalue weighted by molar-refractivity contribution is -0.190. The van der Waals surface area contributed by atoms with Crippen LogP contribution >= 0.6 is 0 Å². The van der Waals surface area contributed by atoms with Gasteiger partial charge in [-0.2, -0.15) is 0 Å². The number of ether oxygens (including phenoxy) is 4. The van der Waals surface area contributed by atoms with Crippen molar-refractivity contribution in [2.75, 3.05) is 42.8 Å². The molecule has 4 aliphatic rings. The van der Waals surface area contributed by atoms with E-state index in [1.165, 1.54) is 4.90 Å². The molecule has 5 rings (SSSR count). The largest absolute Gasteiger partial charge is 0.489 e. The van der Waals surface area contributed by atoms with Crippen molar-refractivity contribution < 1.29 is 34.0 Å². The molecule has 1 aromatic rings. The van der Waals surface area contributed by atoms with Gasteiger partial charge < -0.3 is 34.1 Å². The second-order valence-electron chi connectivity index (χ2n) is 7.24. The van der Waals surface area contributed by atoms with Gasteiger partial charge in [-0.1, -0.05) is 0 Å². The minimum Gasteiger partial charge on any atom is -0.489 e. The van der Waals surface area contributed by atoms with Crippen LogP contribution in [0.5, 0.6) is 5.75 Å². The first-order valence-electron chi connectivity index (χ1n) is 9.20. The molecule has 0 radical (unpaired) electrons. The number of anilines is 2. The second kappa shape index (κ2) is 6.23. The summed E-state index contributed by atoms with van der Waals surface area (Å²) in [5.74, 6) is -0.118. The summed E-state index contributed by atoms with van der Waals surface area (Å²) in [6.45, 7) is 1.71. The fourth-order valence-corrected chi connectivity index (χ4v) is 4.35. The molecule has 4 aliphatic heterocycles. The van der Waals surface area contributed by atoms with Crippen molar-refractivity contribution >= 4 is 17.5 Å². The summed E-state index contributed by atoms with van der Waals surface area (Å²) in [6.07, 6.45) is -0.755. The highest BCUT2D eigenvalue weighted by Gasteiger charge is 2.47. The number of benzene rings is 1. The van der Waals surface area contributed by atoms with Gasteiger partial charge in [-0.15, -0.1) is 0 Å². The monoisotopic (exact) mass is 378 g/mol. The molecule has 1 unspecified atom stereocenters. The van der Waals surface area contributed by atoms with Gasteiger partial charge in [0.05, 0.1) is 25.5 Å². The van der Waals surface area contributed by atoms with Crippen LogP contribution in [0, 0.1) is 0 Å². The number of carbonyl (C=O) groups excluding carboxylic acids is 1. The molecule has 9 heteroatoms. The Hall–Kier alpha value is -2.07. The number of piperidine rings is 1. The Kier molecular flexibility index (Phi) is 3.94. The van der Waals surface area contributed by atoms with E-state index in [2.05, 4.69) is 0 Å². The molecule has 3 saturated heterocycles. The van der Waals surface area contributed by atoms with Crippen molar-refractivity contribution in [3.05, 3.63) is 18.2 Å². The molecule has 1 aromatic carbocycles. The van der Waals surface area contributed by atoms with Crippen LogP contribution in [-0.4, -0.2) is 73.4 Å². The Balaban J connectivity index is 1.39. The van der Waals surface area contributed by atoms with Crippen LogP contribution in [-0.2, 0) is 14.2 Å². The molecule has 9 nitrogen and oxygen atoms in total. The van der Waals surface area contributed by atoms with Gasteiger partial charge in [0, 0.05) is 31.1 Å². The molecule has 0 bridgehead atoms. The van der Waals surface area contributed by atoms with Crippen LogP contribution in [0.4, 0.5) is 16.2 Å². The number of cyclic esters (lactones) is 1. The lowest BCUT2D eigenvalue weighted by Gasteiger charge is -2.42. The fourth-order valence-electron chi connectivity index (χ4n) is 4.35. The Labute approximate surface area is 156 Å². The molecule has 4 heterocycles. The molecule has 146 valence electrons. The summed E-state index contributed by atoms with van der Waals surface area (Å²) in [4.78, 5) is 15.6. The number of hydrogen-bond acceptors (Lipinski definition) is 8. The number of rotatable bonds is 2. The highest BCUT2D eigenvalue weighted by Crippen LogP contribution is 2.42. The first kappa shape index (κ1) is 17.1. The summed E-state index contributed by atoms with van der Waals surface area (Å²) >= 11 is 0. The molecular weight excluding hydrogens is 356 g/mol. The van der Waals surface area contributed by atoms with E-state index < -0.39 is 24.2 Å². The smallest absolute Gasteiger partial charge is 0.415 e. The second-order valence-corrected chi connectivity index (χ2v) is 7.24. The molecule has 27 heavy (non-hydrogen) atoms. The maximum Gasteiger partial charge on any atom is 0.415 e. The van der Waals surface area contributed by atoms with Gasteiger partial charge in [-0.3, -0.25) is 4.90 Å². The third kappa shape index (κ3) is 2.65. The number of amides is 1. The average molecular weight is 378 g/mol. The minimum absolute atomic E-state index is 0.241. The summed E-state index contributed by atoms with van der Waals surface area (Å²) in [6, 6.07) is 5.12. The van der Waals surface area contributed by atoms with Gasteiger partial charge in [0.2, 0.25) is 0 Å². The third-order valence-corrected chi connectivity index (χ3v) is 5.73. The summed E-state index contributed by atoms with van der Waals surface area (Å²) < 4.78 is 22.4. The van der Waals surface area contributed by atoms with E-state index in [9.17, 15) is 15.0 Å². The lowest BCUT2D eigenvalue weighted by Crippen LogP contribution is -2.51. The molecule has 0 saturated carbocycles. The van der Waals surface area contributed by atoms with Gasteiger partial charge >= 0.3 is 6.09 Å². The van der Waals surface area contributed by atoms with E-state index >= 15 is 0 Å². The Morgan fingerprint density at radius 1 is 1.26 bits per heavy atom. The summed E-state index contributed by atoms with van der Waals surface area (Å²) in [5, 5.41) is 20.0. The maximum atomic E-state index is 12.2. The van der Waals surface area contributed by atoms with Crippen molar-refractivity contribution in [2.24, 2.45) is 0 Å². The van der Waals surface area contributed by atoms with Crippen LogP contribution in [0.25, 0.3) is 0 Å². The normalized spacial score (nSPS) is 31.5. The number of aliphatic hydroxyl groups excluding tert-OH is 2. The number of nitrogens with zero attached hydrogens (tertiary/aromatic N) is 2. The van der Waals surface area contributed by atoms with Gasteiger partial charge in [0.15, 0.2) is 11.9 Å². The van der Waals surface area contributed by atoms with Gasteiger partial charge in [-0.25, -0.2) is 4.79 Å². The van der Waals surface area contributed by atoms with E-state index in [-0.39, 0.29) is 19.3 Å². The SMILES string of the molecule is O=C1O[C@@H](CO)[C@@H]2COc3cc(N4CCC5(CC4O)OCCO5)ccc3N12. The molecule has 3 fully saturated rings. The Morgan fingerprint density at radius 2 is 2.07 bits per heavy atom. The fraction of sp³-hybridized carbons (Fsp3) is 0.611. The van der Waals surface area contributed by atoms with Crippen molar-refractivity contribution in [3.63, 3.8) is 0 Å². The van der Waals surface area contributed by atoms with Crippen LogP contribution in [0.3, 0.4) is 0 Å². The molecule has 0 aliphatic carbocycles. The van der Waals surface area contributed by atoms with Crippen LogP contribution in [0.1, 0.15) is 12.8 Å². The molecule has 3 atom stereocenters. The Bertz CT molecular complexity index is 751. The summed E-state index contributed by atoms with van der Waals surface area (Å²) in [5.41, 5.74) is 1.42. The van der Waals surface area contributed by atoms with E-state index in [0.717, 1.165) is 5.69 Å². The highest BCUT2D eigenvalue weighted by molar-refractivity contribution is 5.93. The topological polar surface area (TPSA) is 101 Å². The van der Waals surface area contributed by atoms with E-state index in [4.69, 9.17) is 18.9 Å². The van der Waals surface area contributed by atoms with Crippen LogP contribution < -0.4 is 14.5 Å². The molecule has 1 amide bonds. The van der Waals surface area contributed by atoms with Crippen molar-refractivity contribution in [3.8, 4) is 5.75 Å². The first-order valence-corrected chi connectivity index (χ1v) is 9.20. The van der Waals surface area contributed by atoms with E-state index in [0.29, 0.717) is 44.0 Å². The van der Waals surface area contributed by atoms with Crippen molar-refractivity contribution in [2.45, 2.75) is 37.0 Å². The lowest BCUT2D eigenvalue weighted by atomic mass is 10.0. The zero-order chi connectivity index (χ0) is 18.6. The zero-order valence-corrected chi connectivity index (χ0v) is 14.7. The predicted molar refractivity (Wildman–Crippen MR) is 92.8 cm³/mol. The number of hydrogen-bond donors (Lipinski definition) is 2. The third-order valence-electron chi connectivity index (χ3n) is 5.73. The summed E-state index contributed by atoms with van der Waals surface area (Å²) in [7, 11) is 0. The Morgan fingerprint density at radius 3 is 2.81 bits per heavy atom. The molecular formula is C18H22N2O7. The van der Waals surface area contributed by atoms with Gasteiger partial charge in [-0.05, 0) is 12.1 Å². The number of aliphatic hydroxyl groups is 2. The van der Waals surface area contributed by atoms with Crippen molar-refractivity contribution in [1.82, 2.24) is 0 Å². The highest BCUT2D eigenvalue weighted by atomic mass is 16.7. The van der Waals surface area contributed by atoms with Gasteiger partial charge in [0.1, 0.15) is 24.6 Å². The molecule has 0 aromatic heterocycles. The quantitative estimate of drug-likeness (QED) is 0.764. The average Bonchev–Trinajstić information content (AvgIpc) is 3.25. The van der Waals surface area contributed by atoms with Crippen molar-refractivity contribution in [1.29, 1.82) is 0 Å². The standard InChI is InChI=1S/C18H22N2O7/c21-9-15-13-10-24-14-7-11(1-2-12(14)20(13)17(23)27-15)19-4-3-18(8-16(19)22)25-5-6-26-18/h1-2,7,13,15-16,21-22H,3-6,8-10H2/t13-,15-,16?/m0/s1. The number of fused-ring (bicyclic) bond motifs is 3. The molecule has 2 N–H and O–H groups in total. The zero-order valence-electron chi connectivity index (χ0n) is 14.7. The van der Waals surface area contributed by atoms with Gasteiger partial charge in [0.25, 0.3) is 0 Å². The van der Waals surface area contributed by atoms with E-state index in [1.54, 1.807) is 6.07 Å². The van der Waals surface area contributed by atoms with Crippen LogP contribution in [0.15, 0.2) is 18.2 Å². The molecule has 1 spiro atoms. The maximum absolute atomic E-state index is 12.2.